The van der Waals surface area contributed by atoms with Gasteiger partial charge < -0.3 is 9.47 Å². The summed E-state index contributed by atoms with van der Waals surface area (Å²) < 4.78 is 12.2. The zero-order valence-electron chi connectivity index (χ0n) is 16.0. The van der Waals surface area contributed by atoms with Crippen LogP contribution in [-0.2, 0) is 9.47 Å². The molecular formula is C24H26N2O2. The van der Waals surface area contributed by atoms with Gasteiger partial charge >= 0.3 is 0 Å². The van der Waals surface area contributed by atoms with Crippen LogP contribution in [0, 0.1) is 11.8 Å². The van der Waals surface area contributed by atoms with E-state index in [9.17, 15) is 0 Å². The van der Waals surface area contributed by atoms with Gasteiger partial charge in [0.15, 0.2) is 11.8 Å². The van der Waals surface area contributed by atoms with E-state index in [2.05, 4.69) is 48.5 Å². The van der Waals surface area contributed by atoms with Gasteiger partial charge in [-0.05, 0) is 24.0 Å². The van der Waals surface area contributed by atoms with Crippen molar-refractivity contribution in [3.63, 3.8) is 0 Å². The number of ether oxygens (including phenoxy) is 2. The lowest BCUT2D eigenvalue weighted by molar-refractivity contribution is 0.237. The first kappa shape index (κ1) is 17.5. The Balaban J connectivity index is 1.36. The van der Waals surface area contributed by atoms with Crippen molar-refractivity contribution in [3.8, 4) is 0 Å². The van der Waals surface area contributed by atoms with Gasteiger partial charge in [0.2, 0.25) is 0 Å². The summed E-state index contributed by atoms with van der Waals surface area (Å²) in [6.45, 7) is 1.28. The summed E-state index contributed by atoms with van der Waals surface area (Å²) in [6, 6.07) is 21.1. The third-order valence-electron chi connectivity index (χ3n) is 6.11. The van der Waals surface area contributed by atoms with Crippen LogP contribution in [-0.4, -0.2) is 25.0 Å². The van der Waals surface area contributed by atoms with Crippen LogP contribution in [0.5, 0.6) is 0 Å². The molecule has 2 aliphatic heterocycles. The molecule has 0 spiro atoms. The Morgan fingerprint density at radius 2 is 1.04 bits per heavy atom. The van der Waals surface area contributed by atoms with Gasteiger partial charge in [-0.2, -0.15) is 0 Å². The van der Waals surface area contributed by atoms with Crippen molar-refractivity contribution in [3.05, 3.63) is 71.8 Å². The van der Waals surface area contributed by atoms with Gasteiger partial charge in [0.25, 0.3) is 0 Å². The molecule has 0 radical (unpaired) electrons. The second-order valence-electron chi connectivity index (χ2n) is 7.91. The van der Waals surface area contributed by atoms with Gasteiger partial charge in [-0.3, -0.25) is 0 Å². The Hall–Kier alpha value is -2.62. The van der Waals surface area contributed by atoms with Crippen molar-refractivity contribution in [1.29, 1.82) is 0 Å². The van der Waals surface area contributed by atoms with Crippen LogP contribution in [0.3, 0.4) is 0 Å². The van der Waals surface area contributed by atoms with E-state index in [1.807, 2.05) is 12.1 Å². The molecule has 0 aromatic heterocycles. The summed E-state index contributed by atoms with van der Waals surface area (Å²) in [5.74, 6) is 2.40. The van der Waals surface area contributed by atoms with Crippen molar-refractivity contribution < 1.29 is 9.47 Å². The summed E-state index contributed by atoms with van der Waals surface area (Å²) in [5, 5.41) is 0. The second-order valence-corrected chi connectivity index (χ2v) is 7.91. The molecule has 4 atom stereocenters. The lowest BCUT2D eigenvalue weighted by atomic mass is 9.79. The molecule has 3 aliphatic rings. The second kappa shape index (κ2) is 7.78. The fraction of sp³-hybridized carbons (Fsp3) is 0.417. The molecule has 0 amide bonds. The molecule has 4 nitrogen and oxygen atoms in total. The first-order valence-corrected chi connectivity index (χ1v) is 10.4. The van der Waals surface area contributed by atoms with Crippen molar-refractivity contribution in [2.24, 2.45) is 21.8 Å². The molecule has 2 aromatic carbocycles. The molecule has 1 fully saturated rings. The van der Waals surface area contributed by atoms with Gasteiger partial charge in [-0.15, -0.1) is 0 Å². The number of hydrogen-bond donors (Lipinski definition) is 0. The van der Waals surface area contributed by atoms with E-state index in [1.165, 1.54) is 24.0 Å². The Kier molecular flexibility index (Phi) is 4.86. The highest BCUT2D eigenvalue weighted by molar-refractivity contribution is 5.89. The van der Waals surface area contributed by atoms with Crippen LogP contribution >= 0.6 is 0 Å². The topological polar surface area (TPSA) is 43.2 Å². The number of aliphatic imine (C=N–C) groups is 2. The van der Waals surface area contributed by atoms with E-state index in [4.69, 9.17) is 19.5 Å². The van der Waals surface area contributed by atoms with Crippen molar-refractivity contribution in [2.75, 3.05) is 13.2 Å². The van der Waals surface area contributed by atoms with Gasteiger partial charge in [0.05, 0.1) is 0 Å². The fourth-order valence-corrected chi connectivity index (χ4v) is 4.60. The molecule has 0 unspecified atom stereocenters. The summed E-state index contributed by atoms with van der Waals surface area (Å²) in [7, 11) is 0. The Morgan fingerprint density at radius 3 is 1.46 bits per heavy atom. The molecule has 144 valence electrons. The lowest BCUT2D eigenvalue weighted by Crippen LogP contribution is -2.33. The van der Waals surface area contributed by atoms with Crippen LogP contribution in [0.1, 0.15) is 48.9 Å². The molecule has 1 aliphatic carbocycles. The van der Waals surface area contributed by atoms with Gasteiger partial charge in [-0.1, -0.05) is 73.5 Å². The first-order chi connectivity index (χ1) is 13.9. The number of rotatable bonds is 4. The molecule has 5 rings (SSSR count). The van der Waals surface area contributed by atoms with Crippen molar-refractivity contribution >= 4 is 11.8 Å². The third-order valence-corrected chi connectivity index (χ3v) is 6.11. The Bertz CT molecular complexity index is 789. The highest BCUT2D eigenvalue weighted by atomic mass is 16.5. The quantitative estimate of drug-likeness (QED) is 0.744. The molecule has 1 saturated carbocycles. The highest BCUT2D eigenvalue weighted by Gasteiger charge is 2.39. The van der Waals surface area contributed by atoms with Crippen molar-refractivity contribution in [1.82, 2.24) is 0 Å². The Morgan fingerprint density at radius 1 is 0.607 bits per heavy atom. The normalized spacial score (nSPS) is 29.6. The van der Waals surface area contributed by atoms with Crippen LogP contribution in [0.15, 0.2) is 70.6 Å². The molecule has 2 aromatic rings. The summed E-state index contributed by atoms with van der Waals surface area (Å²) in [5.41, 5.74) is 2.45. The largest absolute Gasteiger partial charge is 0.478 e. The first-order valence-electron chi connectivity index (χ1n) is 10.4. The summed E-state index contributed by atoms with van der Waals surface area (Å²) >= 11 is 0. The molecule has 2 heterocycles. The van der Waals surface area contributed by atoms with E-state index in [-0.39, 0.29) is 23.9 Å². The van der Waals surface area contributed by atoms with Crippen LogP contribution in [0.4, 0.5) is 0 Å². The SMILES string of the molecule is c1ccc([C@@H]2COC([C@H]3CCCC[C@H]3C3=N[C@H](c4ccccc4)CO3)=N2)cc1. The molecule has 0 bridgehead atoms. The van der Waals surface area contributed by atoms with E-state index < -0.39 is 0 Å². The van der Waals surface area contributed by atoms with E-state index >= 15 is 0 Å². The average molecular weight is 374 g/mol. The summed E-state index contributed by atoms with van der Waals surface area (Å²) in [4.78, 5) is 9.93. The predicted octanol–water partition coefficient (Wildman–Crippen LogP) is 5.13. The van der Waals surface area contributed by atoms with Gasteiger partial charge in [0.1, 0.15) is 25.3 Å². The highest BCUT2D eigenvalue weighted by Crippen LogP contribution is 2.38. The van der Waals surface area contributed by atoms with Gasteiger partial charge in [-0.25, -0.2) is 9.98 Å². The lowest BCUT2D eigenvalue weighted by Gasteiger charge is -2.30. The average Bonchev–Trinajstić information content (AvgIpc) is 3.45. The molecule has 0 N–H and O–H groups in total. The maximum absolute atomic E-state index is 6.10. The smallest absolute Gasteiger partial charge is 0.188 e. The Labute approximate surface area is 166 Å². The van der Waals surface area contributed by atoms with Gasteiger partial charge in [0, 0.05) is 11.8 Å². The summed E-state index contributed by atoms with van der Waals surface area (Å²) in [6.07, 6.45) is 4.64. The molecule has 0 saturated heterocycles. The van der Waals surface area contributed by atoms with E-state index in [0.717, 1.165) is 24.6 Å². The standard InChI is InChI=1S/C24H26N2O2/c1-3-9-17(10-4-1)21-15-27-23(25-21)19-13-7-8-14-20(19)24-26-22(16-28-24)18-11-5-2-6-12-18/h1-6,9-12,19-22H,7-8,13-16H2/t19-,20+,21-,22-/m0/s1. The molecular weight excluding hydrogens is 348 g/mol. The van der Waals surface area contributed by atoms with Crippen molar-refractivity contribution in [2.45, 2.75) is 37.8 Å². The third kappa shape index (κ3) is 3.44. The number of benzene rings is 2. The maximum Gasteiger partial charge on any atom is 0.188 e. The number of nitrogens with zero attached hydrogens (tertiary/aromatic N) is 2. The van der Waals surface area contributed by atoms with Crippen LogP contribution in [0.25, 0.3) is 0 Å². The van der Waals surface area contributed by atoms with Crippen LogP contribution in [0.2, 0.25) is 0 Å². The molecule has 28 heavy (non-hydrogen) atoms. The molecule has 4 heteroatoms. The number of hydrogen-bond acceptors (Lipinski definition) is 4. The minimum absolute atomic E-state index is 0.113. The maximum atomic E-state index is 6.10. The van der Waals surface area contributed by atoms with Crippen LogP contribution < -0.4 is 0 Å². The predicted molar refractivity (Wildman–Crippen MR) is 111 cm³/mol. The minimum Gasteiger partial charge on any atom is -0.478 e. The zero-order valence-corrected chi connectivity index (χ0v) is 16.0. The monoisotopic (exact) mass is 374 g/mol. The zero-order chi connectivity index (χ0) is 18.8. The van der Waals surface area contributed by atoms with E-state index in [0.29, 0.717) is 13.2 Å². The van der Waals surface area contributed by atoms with E-state index in [1.54, 1.807) is 0 Å². The fourth-order valence-electron chi connectivity index (χ4n) is 4.60. The minimum atomic E-state index is 0.113.